The zero-order valence-electron chi connectivity index (χ0n) is 24.4. The Labute approximate surface area is 251 Å². The first-order valence-corrected chi connectivity index (χ1v) is 13.8. The van der Waals surface area contributed by atoms with E-state index in [9.17, 15) is 27.6 Å². The number of urea groups is 1. The molecule has 3 heterocycles. The molecule has 6 rings (SSSR count). The molecule has 0 aromatic heterocycles. The average Bonchev–Trinajstić information content (AvgIpc) is 3.30. The Kier molecular flexibility index (Phi) is 8.15. The van der Waals surface area contributed by atoms with Crippen molar-refractivity contribution in [2.45, 2.75) is 45.3 Å². The minimum absolute atomic E-state index is 0.0234. The molecule has 0 saturated heterocycles. The molecule has 2 atom stereocenters. The fourth-order valence-electron chi connectivity index (χ4n) is 5.60. The van der Waals surface area contributed by atoms with Gasteiger partial charge in [-0.2, -0.15) is 0 Å². The van der Waals surface area contributed by atoms with Gasteiger partial charge in [-0.05, 0) is 65.4 Å². The van der Waals surface area contributed by atoms with Crippen LogP contribution in [-0.2, 0) is 17.9 Å². The van der Waals surface area contributed by atoms with Gasteiger partial charge in [0.1, 0.15) is 17.6 Å². The molecule has 4 bridgehead atoms. The lowest BCUT2D eigenvalue weighted by Crippen LogP contribution is -2.36. The summed E-state index contributed by atoms with van der Waals surface area (Å²) in [5, 5.41) is 8.27. The molecule has 0 saturated carbocycles. The molecule has 0 unspecified atom stereocenters. The minimum Gasteiger partial charge on any atom is -0.405 e. The third-order valence-corrected chi connectivity index (χ3v) is 7.80. The van der Waals surface area contributed by atoms with Crippen LogP contribution in [-0.4, -0.2) is 54.6 Å². The Balaban J connectivity index is 1.60. The van der Waals surface area contributed by atoms with Gasteiger partial charge in [0.15, 0.2) is 0 Å². The van der Waals surface area contributed by atoms with Gasteiger partial charge in [0.2, 0.25) is 5.91 Å². The molecule has 3 aliphatic rings. The molecule has 0 radical (unpaired) electrons. The number of fused-ring (bicyclic) bond motifs is 10. The fraction of sp³-hybridized carbons (Fsp3) is 0.323. The molecule has 0 aliphatic carbocycles. The van der Waals surface area contributed by atoms with Crippen LogP contribution in [0.1, 0.15) is 57.1 Å². The number of carbonyl (C=O) groups excluding carboxylic acids is 3. The topological polar surface area (TPSA) is 103 Å². The number of anilines is 2. The summed E-state index contributed by atoms with van der Waals surface area (Å²) < 4.78 is 59.2. The zero-order valence-corrected chi connectivity index (χ0v) is 24.4. The van der Waals surface area contributed by atoms with Crippen molar-refractivity contribution in [1.82, 2.24) is 15.1 Å². The molecule has 0 spiro atoms. The summed E-state index contributed by atoms with van der Waals surface area (Å²) in [5.41, 5.74) is 3.09. The van der Waals surface area contributed by atoms with Gasteiger partial charge < -0.3 is 30.5 Å². The van der Waals surface area contributed by atoms with Crippen molar-refractivity contribution < 1.29 is 36.7 Å². The highest BCUT2D eigenvalue weighted by Crippen LogP contribution is 2.33. The summed E-state index contributed by atoms with van der Waals surface area (Å²) in [4.78, 5) is 41.9. The summed E-state index contributed by atoms with van der Waals surface area (Å²) in [6, 6.07) is 9.92. The van der Waals surface area contributed by atoms with Crippen molar-refractivity contribution in [3.05, 3.63) is 87.7 Å². The van der Waals surface area contributed by atoms with Crippen molar-refractivity contribution in [2.24, 2.45) is 0 Å². The average molecular weight is 614 g/mol. The maximum atomic E-state index is 15.2. The summed E-state index contributed by atoms with van der Waals surface area (Å²) in [5.74, 6) is -2.29. The van der Waals surface area contributed by atoms with Gasteiger partial charge in [0.25, 0.3) is 5.91 Å². The predicted octanol–water partition coefficient (Wildman–Crippen LogP) is 5.67. The van der Waals surface area contributed by atoms with Crippen LogP contribution < -0.4 is 20.7 Å². The lowest BCUT2D eigenvalue weighted by molar-refractivity contribution is -0.275. The summed E-state index contributed by atoms with van der Waals surface area (Å²) in [7, 11) is 3.00. The smallest absolute Gasteiger partial charge is 0.405 e. The lowest BCUT2D eigenvalue weighted by atomic mass is 9.92. The van der Waals surface area contributed by atoms with E-state index in [1.165, 1.54) is 41.1 Å². The quantitative estimate of drug-likeness (QED) is 0.331. The third kappa shape index (κ3) is 6.41. The molecular weight excluding hydrogens is 582 g/mol. The number of amides is 4. The number of aryl methyl sites for hydroxylation is 1. The van der Waals surface area contributed by atoms with Crippen LogP contribution in [0, 0.1) is 12.7 Å². The number of rotatable bonds is 3. The first-order valence-electron chi connectivity index (χ1n) is 13.8. The van der Waals surface area contributed by atoms with Crippen molar-refractivity contribution in [1.29, 1.82) is 0 Å². The summed E-state index contributed by atoms with van der Waals surface area (Å²) in [6.45, 7) is 3.96. The van der Waals surface area contributed by atoms with Gasteiger partial charge in [0, 0.05) is 50.5 Å². The van der Waals surface area contributed by atoms with E-state index in [4.69, 9.17) is 0 Å². The normalized spacial score (nSPS) is 19.0. The van der Waals surface area contributed by atoms with Crippen molar-refractivity contribution in [3.63, 3.8) is 0 Å². The molecule has 3 aromatic carbocycles. The molecule has 3 N–H and O–H groups in total. The lowest BCUT2D eigenvalue weighted by Gasteiger charge is -2.29. The Hall–Kier alpha value is -4.81. The Morgan fingerprint density at radius 3 is 2.43 bits per heavy atom. The molecule has 13 heteroatoms. The zero-order chi connectivity index (χ0) is 31.9. The Bertz CT molecular complexity index is 1640. The molecule has 9 nitrogen and oxygen atoms in total. The van der Waals surface area contributed by atoms with E-state index in [1.54, 1.807) is 19.2 Å². The van der Waals surface area contributed by atoms with E-state index in [-0.39, 0.29) is 47.4 Å². The predicted molar refractivity (Wildman–Crippen MR) is 155 cm³/mol. The highest BCUT2D eigenvalue weighted by Gasteiger charge is 2.33. The van der Waals surface area contributed by atoms with E-state index in [1.807, 2.05) is 19.9 Å². The maximum Gasteiger partial charge on any atom is 0.573 e. The van der Waals surface area contributed by atoms with Gasteiger partial charge in [-0.1, -0.05) is 25.1 Å². The first kappa shape index (κ1) is 30.6. The number of nitrogens with zero attached hydrogens (tertiary/aromatic N) is 2. The molecule has 44 heavy (non-hydrogen) atoms. The van der Waals surface area contributed by atoms with Crippen LogP contribution in [0.25, 0.3) is 0 Å². The molecule has 232 valence electrons. The number of nitrogens with one attached hydrogen (secondary N) is 3. The summed E-state index contributed by atoms with van der Waals surface area (Å²) in [6.07, 6.45) is -5.00. The number of hydrogen-bond acceptors (Lipinski definition) is 5. The monoisotopic (exact) mass is 613 g/mol. The number of halogens is 4. The summed E-state index contributed by atoms with van der Waals surface area (Å²) >= 11 is 0. The van der Waals surface area contributed by atoms with Gasteiger partial charge in [-0.25, -0.2) is 9.18 Å². The highest BCUT2D eigenvalue weighted by atomic mass is 19.4. The van der Waals surface area contributed by atoms with E-state index in [2.05, 4.69) is 20.7 Å². The maximum absolute atomic E-state index is 15.2. The minimum atomic E-state index is -5.00. The SMILES string of the molecule is Cc1cc2ccc1[C@@H](C)CN(C)C(=O)Nc1ccc(OC(F)(F)F)c(c1)CN(C)C(=O)[C@@H]2Nc1cc2c(cc1F)CNC2=O. The Morgan fingerprint density at radius 2 is 1.73 bits per heavy atom. The van der Waals surface area contributed by atoms with E-state index in [0.717, 1.165) is 17.2 Å². The van der Waals surface area contributed by atoms with Gasteiger partial charge in [-0.15, -0.1) is 13.2 Å². The number of benzene rings is 3. The van der Waals surface area contributed by atoms with Crippen LogP contribution in [0.2, 0.25) is 0 Å². The second-order valence-electron chi connectivity index (χ2n) is 11.1. The van der Waals surface area contributed by atoms with E-state index >= 15 is 4.39 Å². The third-order valence-electron chi connectivity index (χ3n) is 7.80. The van der Waals surface area contributed by atoms with Gasteiger partial charge in [-0.3, -0.25) is 9.59 Å². The number of hydrogen-bond donors (Lipinski definition) is 3. The Morgan fingerprint density at radius 1 is 0.977 bits per heavy atom. The molecule has 3 aromatic rings. The van der Waals surface area contributed by atoms with Crippen LogP contribution in [0.5, 0.6) is 5.75 Å². The van der Waals surface area contributed by atoms with Crippen LogP contribution in [0.3, 0.4) is 0 Å². The van der Waals surface area contributed by atoms with Crippen LogP contribution >= 0.6 is 0 Å². The van der Waals surface area contributed by atoms with E-state index in [0.29, 0.717) is 17.7 Å². The molecule has 4 amide bonds. The van der Waals surface area contributed by atoms with Crippen molar-refractivity contribution in [3.8, 4) is 5.75 Å². The number of likely N-dealkylation sites (N-methyl/N-ethyl adjacent to an activating group) is 2. The highest BCUT2D eigenvalue weighted by molar-refractivity contribution is 5.99. The number of alkyl halides is 3. The first-order chi connectivity index (χ1) is 20.7. The van der Waals surface area contributed by atoms with Crippen LogP contribution in [0.15, 0.2) is 48.5 Å². The fourth-order valence-corrected chi connectivity index (χ4v) is 5.60. The largest absolute Gasteiger partial charge is 0.573 e. The van der Waals surface area contributed by atoms with Gasteiger partial charge >= 0.3 is 12.4 Å². The number of ether oxygens (including phenoxy) is 1. The van der Waals surface area contributed by atoms with Gasteiger partial charge in [0.05, 0.1) is 5.69 Å². The van der Waals surface area contributed by atoms with Crippen molar-refractivity contribution >= 4 is 29.2 Å². The molecular formula is C31H31F4N5O4. The second kappa shape index (κ2) is 11.7. The van der Waals surface area contributed by atoms with Crippen LogP contribution in [0.4, 0.5) is 33.7 Å². The van der Waals surface area contributed by atoms with Crippen molar-refractivity contribution in [2.75, 3.05) is 31.3 Å². The number of carbonyl (C=O) groups is 3. The second-order valence-corrected chi connectivity index (χ2v) is 11.1. The van der Waals surface area contributed by atoms with E-state index < -0.39 is 35.9 Å². The molecule has 0 fully saturated rings. The standard InChI is InChI=1S/C31H31F4N5O4/c1-16-9-18-5-7-22(16)17(2)14-40(4)30(43)37-21-6-8-26(44-31(33,34)35)20(10-21)15-39(3)29(42)27(18)38-25-12-23-19(11-24(25)32)13-36-28(23)41/h5-12,17,27,38H,13-15H2,1-4H3,(H,36,41)(H,37,43)/t17-,27+/m0/s1. The molecule has 3 aliphatic heterocycles.